The Morgan fingerprint density at radius 3 is 1.79 bits per heavy atom. The second-order valence-electron chi connectivity index (χ2n) is 6.37. The number of rotatable bonds is 3. The summed E-state index contributed by atoms with van der Waals surface area (Å²) in [5.41, 5.74) is 2.06. The molecule has 0 saturated heterocycles. The van der Waals surface area contributed by atoms with Gasteiger partial charge in [-0.25, -0.2) is 0 Å². The summed E-state index contributed by atoms with van der Waals surface area (Å²) in [6.45, 7) is 0. The zero-order valence-corrected chi connectivity index (χ0v) is 13.9. The molecule has 0 aromatic carbocycles. The topological polar surface area (TPSA) is 0 Å². The molecular formula is C17H26FeP. The van der Waals surface area contributed by atoms with Crippen molar-refractivity contribution in [3.8, 4) is 0 Å². The zero-order valence-electron chi connectivity index (χ0n) is 11.9. The van der Waals surface area contributed by atoms with Gasteiger partial charge in [-0.05, 0) is 0 Å². The summed E-state index contributed by atoms with van der Waals surface area (Å²) in [6.07, 6.45) is 20.9. The molecule has 0 N–H and O–H groups in total. The Bertz CT molecular complexity index is 341. The molecule has 2 heteroatoms. The Hall–Kier alpha value is 0.429. The monoisotopic (exact) mass is 317 g/mol. The first kappa shape index (κ1) is 14.4. The van der Waals surface area contributed by atoms with Crippen LogP contribution in [-0.2, 0) is 16.0 Å². The molecule has 0 aromatic rings. The van der Waals surface area contributed by atoms with Gasteiger partial charge in [0.1, 0.15) is 0 Å². The molecule has 0 amide bonds. The fraction of sp³-hybridized carbons (Fsp3) is 0.765. The van der Waals surface area contributed by atoms with Crippen LogP contribution in [0.15, 0.2) is 21.9 Å². The molecule has 0 unspecified atom stereocenters. The van der Waals surface area contributed by atoms with Crippen molar-refractivity contribution in [2.45, 2.75) is 81.9 Å². The van der Waals surface area contributed by atoms with E-state index >= 15 is 0 Å². The molecule has 2 fully saturated rings. The van der Waals surface area contributed by atoms with Crippen LogP contribution >= 0.6 is 7.92 Å². The van der Waals surface area contributed by atoms with Gasteiger partial charge in [0.25, 0.3) is 0 Å². The van der Waals surface area contributed by atoms with E-state index in [4.69, 9.17) is 0 Å². The molecule has 0 radical (unpaired) electrons. The predicted octanol–water partition coefficient (Wildman–Crippen LogP) is 5.85. The molecule has 107 valence electrons. The maximum atomic E-state index is 4.36. The summed E-state index contributed by atoms with van der Waals surface area (Å²) in [7, 11) is 0.0929. The fourth-order valence-electron chi connectivity index (χ4n) is 4.10. The van der Waals surface area contributed by atoms with Gasteiger partial charge in [-0.1, -0.05) is 0 Å². The Morgan fingerprint density at radius 2 is 1.37 bits per heavy atom. The quantitative estimate of drug-likeness (QED) is 0.452. The van der Waals surface area contributed by atoms with Gasteiger partial charge in [-0.15, -0.1) is 0 Å². The first-order chi connectivity index (χ1) is 9.36. The van der Waals surface area contributed by atoms with Crippen molar-refractivity contribution >= 4 is 7.92 Å². The van der Waals surface area contributed by atoms with Crippen LogP contribution in [0.3, 0.4) is 0 Å². The molecule has 3 rings (SSSR count). The first-order valence-electron chi connectivity index (χ1n) is 8.18. The van der Waals surface area contributed by atoms with Gasteiger partial charge in [0.15, 0.2) is 0 Å². The van der Waals surface area contributed by atoms with Crippen molar-refractivity contribution in [3.05, 3.63) is 21.9 Å². The normalized spacial score (nSPS) is 26.6. The number of hydrogen-bond acceptors (Lipinski definition) is 0. The van der Waals surface area contributed by atoms with Crippen LogP contribution in [-0.4, -0.2) is 11.3 Å². The van der Waals surface area contributed by atoms with Gasteiger partial charge in [-0.2, -0.15) is 0 Å². The Kier molecular flexibility index (Phi) is 5.24. The molecule has 3 aliphatic rings. The predicted molar refractivity (Wildman–Crippen MR) is 81.4 cm³/mol. The van der Waals surface area contributed by atoms with Crippen molar-refractivity contribution in [2.75, 3.05) is 0 Å². The van der Waals surface area contributed by atoms with E-state index in [9.17, 15) is 0 Å². The van der Waals surface area contributed by atoms with Crippen LogP contribution < -0.4 is 0 Å². The molecule has 3 aliphatic carbocycles. The molecule has 0 heterocycles. The average Bonchev–Trinajstić information content (AvgIpc) is 2.88. The van der Waals surface area contributed by atoms with Crippen molar-refractivity contribution in [3.63, 3.8) is 0 Å². The van der Waals surface area contributed by atoms with E-state index in [1.807, 2.05) is 0 Å². The molecule has 0 nitrogen and oxygen atoms in total. The van der Waals surface area contributed by atoms with Gasteiger partial charge in [0.2, 0.25) is 0 Å². The van der Waals surface area contributed by atoms with E-state index in [1.165, 1.54) is 68.7 Å². The SMILES string of the molecule is [Fe][C]1=C(P(C2CCCCC2)C2CCCCC2)C=CC1. The first-order valence-corrected chi connectivity index (χ1v) is 10.2. The third kappa shape index (κ3) is 3.37. The Labute approximate surface area is 128 Å². The van der Waals surface area contributed by atoms with E-state index in [0.29, 0.717) is 0 Å². The zero-order chi connectivity index (χ0) is 13.1. The third-order valence-corrected chi connectivity index (χ3v) is 9.36. The van der Waals surface area contributed by atoms with Gasteiger partial charge in [0, 0.05) is 0 Å². The van der Waals surface area contributed by atoms with Gasteiger partial charge >= 0.3 is 128 Å². The van der Waals surface area contributed by atoms with Crippen LogP contribution in [0, 0.1) is 0 Å². The molecule has 0 spiro atoms. The fourth-order valence-corrected chi connectivity index (χ4v) is 8.62. The van der Waals surface area contributed by atoms with Crippen molar-refractivity contribution in [1.29, 1.82) is 0 Å². The molecule has 0 bridgehead atoms. The Morgan fingerprint density at radius 1 is 0.842 bits per heavy atom. The van der Waals surface area contributed by atoms with E-state index in [2.05, 4.69) is 28.2 Å². The number of hydrogen-bond donors (Lipinski definition) is 0. The third-order valence-electron chi connectivity index (χ3n) is 5.05. The van der Waals surface area contributed by atoms with E-state index in [-0.39, 0.29) is 7.92 Å². The summed E-state index contributed by atoms with van der Waals surface area (Å²) < 4.78 is 1.46. The van der Waals surface area contributed by atoms with Crippen LogP contribution in [0.25, 0.3) is 0 Å². The summed E-state index contributed by atoms with van der Waals surface area (Å²) in [6, 6.07) is 0. The van der Waals surface area contributed by atoms with E-state index < -0.39 is 0 Å². The van der Waals surface area contributed by atoms with Crippen molar-refractivity contribution in [1.82, 2.24) is 0 Å². The summed E-state index contributed by atoms with van der Waals surface area (Å²) >= 11 is 4.36. The van der Waals surface area contributed by atoms with Gasteiger partial charge in [-0.3, -0.25) is 0 Å². The molecule has 0 aliphatic heterocycles. The van der Waals surface area contributed by atoms with Crippen LogP contribution in [0.4, 0.5) is 0 Å². The second kappa shape index (κ2) is 6.93. The van der Waals surface area contributed by atoms with E-state index in [0.717, 1.165) is 17.7 Å². The summed E-state index contributed by atoms with van der Waals surface area (Å²) in [4.78, 5) is 0. The summed E-state index contributed by atoms with van der Waals surface area (Å²) in [5.74, 6) is 0. The molecular weight excluding hydrogens is 291 g/mol. The van der Waals surface area contributed by atoms with Crippen molar-refractivity contribution in [2.24, 2.45) is 0 Å². The van der Waals surface area contributed by atoms with E-state index in [1.54, 1.807) is 5.31 Å². The number of allylic oxidation sites excluding steroid dienone is 4. The molecule has 0 atom stereocenters. The maximum absolute atomic E-state index is 4.36. The van der Waals surface area contributed by atoms with Gasteiger partial charge in [0.05, 0.1) is 0 Å². The molecule has 19 heavy (non-hydrogen) atoms. The standard InChI is InChI=1S/C17H26P.Fe/c1-3-9-15(10-4-1)18(17-13-7-8-14-17)16-11-5-2-6-12-16;/h7,13,15-16H,1-6,8-12H2;. The Balaban J connectivity index is 1.81. The minimum atomic E-state index is 0.0929. The average molecular weight is 317 g/mol. The second-order valence-corrected chi connectivity index (χ2v) is 9.80. The molecule has 0 aromatic heterocycles. The van der Waals surface area contributed by atoms with Crippen LogP contribution in [0.5, 0.6) is 0 Å². The molecule has 2 saturated carbocycles. The van der Waals surface area contributed by atoms with Gasteiger partial charge < -0.3 is 0 Å². The van der Waals surface area contributed by atoms with Crippen LogP contribution in [0.1, 0.15) is 70.6 Å². The van der Waals surface area contributed by atoms with Crippen molar-refractivity contribution < 1.29 is 16.0 Å². The summed E-state index contributed by atoms with van der Waals surface area (Å²) in [5, 5.41) is 1.72. The minimum absolute atomic E-state index is 0.0929. The van der Waals surface area contributed by atoms with Crippen LogP contribution in [0.2, 0.25) is 0 Å².